The fourth-order valence-electron chi connectivity index (χ4n) is 2.71. The van der Waals surface area contributed by atoms with Gasteiger partial charge in [-0.2, -0.15) is 0 Å². The highest BCUT2D eigenvalue weighted by atomic mass is 16.3. The fraction of sp³-hybridized carbons (Fsp3) is 0.714. The summed E-state index contributed by atoms with van der Waals surface area (Å²) in [5, 5.41) is 2.43. The van der Waals surface area contributed by atoms with E-state index in [1.54, 1.807) is 6.26 Å². The number of rotatable bonds is 4. The average Bonchev–Trinajstić information content (AvgIpc) is 2.76. The predicted molar refractivity (Wildman–Crippen MR) is 69.6 cm³/mol. The average molecular weight is 236 g/mol. The van der Waals surface area contributed by atoms with Crippen molar-refractivity contribution in [1.82, 2.24) is 10.4 Å². The van der Waals surface area contributed by atoms with Crippen molar-refractivity contribution in [2.75, 3.05) is 0 Å². The highest BCUT2D eigenvalue weighted by Gasteiger charge is 2.25. The molecule has 1 aliphatic heterocycles. The number of hydrogen-bond donors (Lipinski definition) is 1. The third-order valence-corrected chi connectivity index (χ3v) is 3.65. The van der Waals surface area contributed by atoms with Gasteiger partial charge in [-0.25, -0.2) is 5.01 Å². The molecule has 0 radical (unpaired) electrons. The van der Waals surface area contributed by atoms with E-state index in [1.165, 1.54) is 19.3 Å². The van der Waals surface area contributed by atoms with Crippen LogP contribution in [-0.4, -0.2) is 23.1 Å². The normalized spacial score (nSPS) is 28.2. The predicted octanol–water partition coefficient (Wildman–Crippen LogP) is 2.98. The van der Waals surface area contributed by atoms with Gasteiger partial charge in [-0.3, -0.25) is 5.43 Å². The van der Waals surface area contributed by atoms with E-state index in [1.807, 2.05) is 12.1 Å². The Hall–Kier alpha value is -0.800. The van der Waals surface area contributed by atoms with E-state index in [-0.39, 0.29) is 0 Å². The monoisotopic (exact) mass is 236 g/mol. The molecule has 0 aromatic carbocycles. The van der Waals surface area contributed by atoms with E-state index < -0.39 is 0 Å². The lowest BCUT2D eigenvalue weighted by Crippen LogP contribution is -2.55. The van der Waals surface area contributed by atoms with E-state index in [0.29, 0.717) is 18.1 Å². The number of hydrogen-bond acceptors (Lipinski definition) is 3. The molecule has 2 heterocycles. The molecule has 1 saturated heterocycles. The summed E-state index contributed by atoms with van der Waals surface area (Å²) in [5.41, 5.74) is 3.63. The Balaban J connectivity index is 1.86. The molecule has 1 aromatic heterocycles. The van der Waals surface area contributed by atoms with Gasteiger partial charge in [-0.15, -0.1) is 0 Å². The molecule has 2 rings (SSSR count). The molecule has 0 amide bonds. The minimum atomic E-state index is 0.421. The first-order chi connectivity index (χ1) is 8.16. The van der Waals surface area contributed by atoms with Crippen LogP contribution < -0.4 is 5.43 Å². The molecule has 17 heavy (non-hydrogen) atoms. The van der Waals surface area contributed by atoms with Gasteiger partial charge in [0, 0.05) is 24.5 Å². The summed E-state index contributed by atoms with van der Waals surface area (Å²) in [6, 6.07) is 5.69. The lowest BCUT2D eigenvalue weighted by Gasteiger charge is -2.40. The van der Waals surface area contributed by atoms with Crippen LogP contribution in [0, 0.1) is 0 Å². The fourth-order valence-corrected chi connectivity index (χ4v) is 2.71. The first-order valence-corrected chi connectivity index (χ1v) is 6.73. The van der Waals surface area contributed by atoms with E-state index in [4.69, 9.17) is 4.42 Å². The van der Waals surface area contributed by atoms with E-state index in [0.717, 1.165) is 12.2 Å². The number of hydrazine groups is 1. The van der Waals surface area contributed by atoms with Gasteiger partial charge in [-0.05, 0) is 45.7 Å². The summed E-state index contributed by atoms with van der Waals surface area (Å²) in [6.07, 6.45) is 6.64. The van der Waals surface area contributed by atoms with Crippen LogP contribution in [0.4, 0.5) is 0 Å². The summed E-state index contributed by atoms with van der Waals surface area (Å²) >= 11 is 0. The molecule has 1 fully saturated rings. The highest BCUT2D eigenvalue weighted by molar-refractivity contribution is 5.00. The molecule has 1 aromatic rings. The third-order valence-electron chi connectivity index (χ3n) is 3.65. The summed E-state index contributed by atoms with van der Waals surface area (Å²) < 4.78 is 5.39. The molecule has 0 saturated carbocycles. The molecule has 96 valence electrons. The summed E-state index contributed by atoms with van der Waals surface area (Å²) in [5.74, 6) is 1.06. The Morgan fingerprint density at radius 1 is 1.41 bits per heavy atom. The zero-order valence-electron chi connectivity index (χ0n) is 11.1. The summed E-state index contributed by atoms with van der Waals surface area (Å²) in [6.45, 7) is 6.83. The van der Waals surface area contributed by atoms with Gasteiger partial charge in [0.05, 0.1) is 6.26 Å². The molecule has 1 N–H and O–H groups in total. The molecule has 3 nitrogen and oxygen atoms in total. The van der Waals surface area contributed by atoms with Crippen LogP contribution in [0.1, 0.15) is 45.8 Å². The van der Waals surface area contributed by atoms with Gasteiger partial charge in [0.15, 0.2) is 0 Å². The Bertz CT molecular complexity index is 313. The molecular formula is C14H24N2O. The third kappa shape index (κ3) is 3.33. The maximum atomic E-state index is 5.39. The second kappa shape index (κ2) is 5.69. The maximum absolute atomic E-state index is 5.39. The highest BCUT2D eigenvalue weighted by Crippen LogP contribution is 2.20. The molecule has 0 spiro atoms. The van der Waals surface area contributed by atoms with Gasteiger partial charge in [0.2, 0.25) is 0 Å². The zero-order chi connectivity index (χ0) is 12.3. The Kier molecular flexibility index (Phi) is 4.24. The van der Waals surface area contributed by atoms with Crippen molar-refractivity contribution in [2.45, 2.75) is 64.6 Å². The van der Waals surface area contributed by atoms with Gasteiger partial charge < -0.3 is 4.42 Å². The zero-order valence-corrected chi connectivity index (χ0v) is 11.1. The van der Waals surface area contributed by atoms with Crippen LogP contribution in [-0.2, 0) is 6.42 Å². The molecule has 1 aliphatic rings. The standard InChI is InChI=1S/C14H24N2O/c1-11(10-14-8-5-9-17-14)15-16-12(2)6-4-7-13(16)3/h5,8-9,11-13,15H,4,6-7,10H2,1-3H3. The summed E-state index contributed by atoms with van der Waals surface area (Å²) in [7, 11) is 0. The summed E-state index contributed by atoms with van der Waals surface area (Å²) in [4.78, 5) is 0. The second-order valence-corrected chi connectivity index (χ2v) is 5.35. The van der Waals surface area contributed by atoms with E-state index >= 15 is 0 Å². The Labute approximate surface area is 104 Å². The van der Waals surface area contributed by atoms with Gasteiger partial charge in [0.1, 0.15) is 5.76 Å². The molecule has 3 heteroatoms. The number of nitrogens with one attached hydrogen (secondary N) is 1. The Morgan fingerprint density at radius 3 is 2.71 bits per heavy atom. The largest absolute Gasteiger partial charge is 0.469 e. The van der Waals surface area contributed by atoms with Gasteiger partial charge in [-0.1, -0.05) is 6.42 Å². The van der Waals surface area contributed by atoms with Crippen LogP contribution in [0.5, 0.6) is 0 Å². The SMILES string of the molecule is CC(Cc1ccco1)NN1C(C)CCCC1C. The first kappa shape index (κ1) is 12.7. The van der Waals surface area contributed by atoms with E-state index in [2.05, 4.69) is 31.2 Å². The van der Waals surface area contributed by atoms with Crippen molar-refractivity contribution in [3.05, 3.63) is 24.2 Å². The smallest absolute Gasteiger partial charge is 0.105 e. The second-order valence-electron chi connectivity index (χ2n) is 5.35. The molecule has 3 unspecified atom stereocenters. The van der Waals surface area contributed by atoms with Crippen LogP contribution in [0.2, 0.25) is 0 Å². The molecule has 0 aliphatic carbocycles. The lowest BCUT2D eigenvalue weighted by molar-refractivity contribution is 0.0316. The van der Waals surface area contributed by atoms with Crippen molar-refractivity contribution in [3.63, 3.8) is 0 Å². The first-order valence-electron chi connectivity index (χ1n) is 6.73. The van der Waals surface area contributed by atoms with Gasteiger partial charge >= 0.3 is 0 Å². The lowest BCUT2D eigenvalue weighted by atomic mass is 9.99. The molecule has 3 atom stereocenters. The number of nitrogens with zero attached hydrogens (tertiary/aromatic N) is 1. The Morgan fingerprint density at radius 2 is 2.12 bits per heavy atom. The van der Waals surface area contributed by atoms with Crippen molar-refractivity contribution in [3.8, 4) is 0 Å². The van der Waals surface area contributed by atoms with Crippen LogP contribution in [0.25, 0.3) is 0 Å². The van der Waals surface area contributed by atoms with Crippen molar-refractivity contribution in [2.24, 2.45) is 0 Å². The topological polar surface area (TPSA) is 28.4 Å². The van der Waals surface area contributed by atoms with Crippen molar-refractivity contribution in [1.29, 1.82) is 0 Å². The van der Waals surface area contributed by atoms with E-state index in [9.17, 15) is 0 Å². The molecular weight excluding hydrogens is 212 g/mol. The van der Waals surface area contributed by atoms with Crippen LogP contribution in [0.15, 0.2) is 22.8 Å². The van der Waals surface area contributed by atoms with Crippen molar-refractivity contribution < 1.29 is 4.42 Å². The minimum Gasteiger partial charge on any atom is -0.469 e. The number of piperidine rings is 1. The maximum Gasteiger partial charge on any atom is 0.105 e. The minimum absolute atomic E-state index is 0.421. The quantitative estimate of drug-likeness (QED) is 0.871. The van der Waals surface area contributed by atoms with Crippen molar-refractivity contribution >= 4 is 0 Å². The number of furan rings is 1. The van der Waals surface area contributed by atoms with Crippen LogP contribution >= 0.6 is 0 Å². The van der Waals surface area contributed by atoms with Crippen LogP contribution in [0.3, 0.4) is 0 Å². The molecule has 0 bridgehead atoms. The van der Waals surface area contributed by atoms with Gasteiger partial charge in [0.25, 0.3) is 0 Å².